The second kappa shape index (κ2) is 8.46. The van der Waals surface area contributed by atoms with Gasteiger partial charge in [0, 0.05) is 32.9 Å². The topological polar surface area (TPSA) is 45.2 Å². The Hall–Kier alpha value is -2.17. The lowest BCUT2D eigenvalue weighted by atomic mass is 10.1. The summed E-state index contributed by atoms with van der Waals surface area (Å²) in [5.41, 5.74) is 2.23. The van der Waals surface area contributed by atoms with E-state index in [-0.39, 0.29) is 0 Å². The molecule has 0 saturated heterocycles. The van der Waals surface area contributed by atoms with Crippen molar-refractivity contribution in [1.82, 2.24) is 15.0 Å². The molecule has 2 aromatic heterocycles. The normalized spacial score (nSPS) is 10.6. The predicted octanol–water partition coefficient (Wildman–Crippen LogP) is 3.10. The molecule has 0 N–H and O–H groups in total. The molecule has 0 saturated carbocycles. The van der Waals surface area contributed by atoms with Gasteiger partial charge >= 0.3 is 0 Å². The third-order valence-electron chi connectivity index (χ3n) is 4.01. The van der Waals surface area contributed by atoms with Crippen LogP contribution in [0.4, 0.5) is 11.6 Å². The molecule has 2 aromatic rings. The molecule has 0 spiro atoms. The van der Waals surface area contributed by atoms with Gasteiger partial charge in [-0.15, -0.1) is 0 Å². The van der Waals surface area contributed by atoms with Crippen molar-refractivity contribution in [2.75, 3.05) is 36.5 Å². The van der Waals surface area contributed by atoms with Crippen molar-refractivity contribution in [3.63, 3.8) is 0 Å². The van der Waals surface area contributed by atoms with E-state index < -0.39 is 0 Å². The van der Waals surface area contributed by atoms with Crippen molar-refractivity contribution < 1.29 is 0 Å². The van der Waals surface area contributed by atoms with Gasteiger partial charge in [-0.3, -0.25) is 4.98 Å². The van der Waals surface area contributed by atoms with Crippen LogP contribution < -0.4 is 9.80 Å². The fraction of sp³-hybridized carbons (Fsp3) is 0.500. The van der Waals surface area contributed by atoms with Gasteiger partial charge in [0.25, 0.3) is 0 Å². The molecule has 5 heteroatoms. The third kappa shape index (κ3) is 4.91. The first-order chi connectivity index (χ1) is 11.1. The standard InChI is InChI=1S/C18H27N5/c1-5-23(6-2)17-10-9-16(13-21-17)8-7-11-22(4)18-14-19-15(3)12-20-18/h9-10,12-14H,5-8,11H2,1-4H3. The number of aromatic nitrogens is 3. The van der Waals surface area contributed by atoms with Crippen molar-refractivity contribution >= 4 is 11.6 Å². The highest BCUT2D eigenvalue weighted by molar-refractivity contribution is 5.39. The van der Waals surface area contributed by atoms with Gasteiger partial charge in [0.1, 0.15) is 11.6 Å². The van der Waals surface area contributed by atoms with Crippen molar-refractivity contribution in [2.45, 2.75) is 33.6 Å². The number of nitrogens with zero attached hydrogens (tertiary/aromatic N) is 5. The summed E-state index contributed by atoms with van der Waals surface area (Å²) in [4.78, 5) is 17.7. The van der Waals surface area contributed by atoms with E-state index in [1.54, 1.807) is 0 Å². The van der Waals surface area contributed by atoms with Gasteiger partial charge < -0.3 is 9.80 Å². The Kier molecular flexibility index (Phi) is 6.32. The van der Waals surface area contributed by atoms with Crippen LogP contribution in [0.5, 0.6) is 0 Å². The largest absolute Gasteiger partial charge is 0.358 e. The number of hydrogen-bond acceptors (Lipinski definition) is 5. The van der Waals surface area contributed by atoms with Gasteiger partial charge in [-0.25, -0.2) is 9.97 Å². The summed E-state index contributed by atoms with van der Waals surface area (Å²) in [6.45, 7) is 9.20. The van der Waals surface area contributed by atoms with Crippen LogP contribution in [0.25, 0.3) is 0 Å². The maximum Gasteiger partial charge on any atom is 0.146 e. The zero-order chi connectivity index (χ0) is 16.7. The first-order valence-corrected chi connectivity index (χ1v) is 8.33. The predicted molar refractivity (Wildman–Crippen MR) is 96.2 cm³/mol. The molecule has 5 nitrogen and oxygen atoms in total. The fourth-order valence-corrected chi connectivity index (χ4v) is 2.52. The molecule has 0 atom stereocenters. The Morgan fingerprint density at radius 1 is 0.913 bits per heavy atom. The Bertz CT molecular complexity index is 575. The van der Waals surface area contributed by atoms with Crippen molar-refractivity contribution in [2.24, 2.45) is 0 Å². The Balaban J connectivity index is 1.83. The minimum Gasteiger partial charge on any atom is -0.358 e. The highest BCUT2D eigenvalue weighted by Gasteiger charge is 2.05. The first kappa shape index (κ1) is 17.2. The monoisotopic (exact) mass is 313 g/mol. The molecular formula is C18H27N5. The lowest BCUT2D eigenvalue weighted by Gasteiger charge is -2.20. The molecule has 0 fully saturated rings. The second-order valence-electron chi connectivity index (χ2n) is 5.74. The molecule has 0 aliphatic rings. The highest BCUT2D eigenvalue weighted by Crippen LogP contribution is 2.13. The molecule has 23 heavy (non-hydrogen) atoms. The zero-order valence-electron chi connectivity index (χ0n) is 14.7. The number of hydrogen-bond donors (Lipinski definition) is 0. The van der Waals surface area contributed by atoms with Crippen molar-refractivity contribution in [1.29, 1.82) is 0 Å². The quantitative estimate of drug-likeness (QED) is 0.749. The Morgan fingerprint density at radius 2 is 1.65 bits per heavy atom. The number of aryl methyl sites for hydroxylation is 2. The molecule has 2 heterocycles. The lowest BCUT2D eigenvalue weighted by Crippen LogP contribution is -2.22. The Morgan fingerprint density at radius 3 is 2.22 bits per heavy atom. The van der Waals surface area contributed by atoms with Gasteiger partial charge in [-0.05, 0) is 45.2 Å². The van der Waals surface area contributed by atoms with E-state index in [1.807, 2.05) is 25.5 Å². The van der Waals surface area contributed by atoms with Crippen LogP contribution >= 0.6 is 0 Å². The van der Waals surface area contributed by atoms with Crippen LogP contribution in [-0.4, -0.2) is 41.6 Å². The van der Waals surface area contributed by atoms with Crippen LogP contribution in [-0.2, 0) is 6.42 Å². The number of rotatable bonds is 8. The third-order valence-corrected chi connectivity index (χ3v) is 4.01. The van der Waals surface area contributed by atoms with E-state index in [1.165, 1.54) is 5.56 Å². The van der Waals surface area contributed by atoms with E-state index in [9.17, 15) is 0 Å². The zero-order valence-corrected chi connectivity index (χ0v) is 14.7. The maximum atomic E-state index is 4.58. The first-order valence-electron chi connectivity index (χ1n) is 8.33. The van der Waals surface area contributed by atoms with E-state index >= 15 is 0 Å². The lowest BCUT2D eigenvalue weighted by molar-refractivity contribution is 0.770. The highest BCUT2D eigenvalue weighted by atomic mass is 15.2. The SMILES string of the molecule is CCN(CC)c1ccc(CCCN(C)c2cnc(C)cn2)cn1. The van der Waals surface area contributed by atoms with Gasteiger partial charge in [0.15, 0.2) is 0 Å². The van der Waals surface area contributed by atoms with E-state index in [2.05, 4.69) is 57.8 Å². The van der Waals surface area contributed by atoms with Gasteiger partial charge in [0.2, 0.25) is 0 Å². The molecule has 0 amide bonds. The average Bonchev–Trinajstić information content (AvgIpc) is 2.58. The minimum absolute atomic E-state index is 0.922. The molecule has 0 radical (unpaired) electrons. The summed E-state index contributed by atoms with van der Waals surface area (Å²) in [5.74, 6) is 1.98. The summed E-state index contributed by atoms with van der Waals surface area (Å²) in [6, 6.07) is 4.31. The van der Waals surface area contributed by atoms with Crippen LogP contribution in [0.15, 0.2) is 30.7 Å². The van der Waals surface area contributed by atoms with Crippen LogP contribution in [0, 0.1) is 6.92 Å². The molecule has 124 valence electrons. The smallest absolute Gasteiger partial charge is 0.146 e. The molecule has 0 unspecified atom stereocenters. The summed E-state index contributed by atoms with van der Waals surface area (Å²) in [5, 5.41) is 0. The van der Waals surface area contributed by atoms with E-state index in [0.717, 1.165) is 49.8 Å². The summed E-state index contributed by atoms with van der Waals surface area (Å²) < 4.78 is 0. The average molecular weight is 313 g/mol. The Labute approximate surface area is 139 Å². The van der Waals surface area contributed by atoms with Gasteiger partial charge in [-0.1, -0.05) is 6.07 Å². The van der Waals surface area contributed by atoms with Gasteiger partial charge in [-0.2, -0.15) is 0 Å². The number of anilines is 2. The maximum absolute atomic E-state index is 4.58. The molecule has 0 aliphatic heterocycles. The summed E-state index contributed by atoms with van der Waals surface area (Å²) in [7, 11) is 2.06. The van der Waals surface area contributed by atoms with Crippen LogP contribution in [0.2, 0.25) is 0 Å². The van der Waals surface area contributed by atoms with Crippen molar-refractivity contribution in [3.8, 4) is 0 Å². The molecule has 2 rings (SSSR count). The molecular weight excluding hydrogens is 286 g/mol. The molecule has 0 bridgehead atoms. The fourth-order valence-electron chi connectivity index (χ4n) is 2.52. The van der Waals surface area contributed by atoms with Crippen LogP contribution in [0.1, 0.15) is 31.5 Å². The van der Waals surface area contributed by atoms with Crippen molar-refractivity contribution in [3.05, 3.63) is 42.0 Å². The van der Waals surface area contributed by atoms with Crippen LogP contribution in [0.3, 0.4) is 0 Å². The van der Waals surface area contributed by atoms with Gasteiger partial charge in [0.05, 0.1) is 18.1 Å². The molecule has 0 aliphatic carbocycles. The summed E-state index contributed by atoms with van der Waals surface area (Å²) >= 11 is 0. The summed E-state index contributed by atoms with van der Waals surface area (Å²) in [6.07, 6.45) is 7.73. The number of pyridine rings is 1. The second-order valence-corrected chi connectivity index (χ2v) is 5.74. The van der Waals surface area contributed by atoms with E-state index in [4.69, 9.17) is 0 Å². The minimum atomic E-state index is 0.922. The molecule has 0 aromatic carbocycles. The van der Waals surface area contributed by atoms with E-state index in [0.29, 0.717) is 0 Å².